The van der Waals surface area contributed by atoms with E-state index in [-0.39, 0.29) is 23.7 Å². The van der Waals surface area contributed by atoms with Gasteiger partial charge >= 0.3 is 0 Å². The number of ketones is 1. The van der Waals surface area contributed by atoms with Crippen molar-refractivity contribution >= 4 is 17.4 Å². The average Bonchev–Trinajstić information content (AvgIpc) is 3.26. The Kier molecular flexibility index (Phi) is 4.07. The number of amides is 1. The number of hydrogen-bond acceptors (Lipinski definition) is 4. The Morgan fingerprint density at radius 2 is 1.69 bits per heavy atom. The smallest absolute Gasteiger partial charge is 0.250 e. The summed E-state index contributed by atoms with van der Waals surface area (Å²) in [7, 11) is 0. The molecular formula is C24H21N3O2. The molecule has 1 spiro atoms. The van der Waals surface area contributed by atoms with Gasteiger partial charge in [-0.3, -0.25) is 19.9 Å². The van der Waals surface area contributed by atoms with Gasteiger partial charge in [0.1, 0.15) is 11.3 Å². The molecule has 0 saturated carbocycles. The Bertz CT molecular complexity index is 1080. The number of aromatic nitrogens is 1. The van der Waals surface area contributed by atoms with E-state index in [1.807, 2.05) is 72.8 Å². The third kappa shape index (κ3) is 2.54. The Hall–Kier alpha value is -3.31. The maximum atomic E-state index is 13.4. The lowest BCUT2D eigenvalue weighted by molar-refractivity contribution is -0.131. The SMILES string of the molecule is CC(=O)[C@@H]1[C@@H](c2ccccn2)[C@H](c2ccccc2)N[C@@]12C(=O)Nc1ccccc12. The van der Waals surface area contributed by atoms with Crippen molar-refractivity contribution in [2.45, 2.75) is 24.4 Å². The van der Waals surface area contributed by atoms with Crippen molar-refractivity contribution < 1.29 is 9.59 Å². The van der Waals surface area contributed by atoms with Crippen LogP contribution >= 0.6 is 0 Å². The van der Waals surface area contributed by atoms with Crippen LogP contribution in [0.4, 0.5) is 5.69 Å². The molecule has 1 saturated heterocycles. The number of carbonyl (C=O) groups is 2. The van der Waals surface area contributed by atoms with Gasteiger partial charge in [-0.05, 0) is 30.7 Å². The molecule has 0 radical (unpaired) electrons. The van der Waals surface area contributed by atoms with Crippen molar-refractivity contribution in [1.82, 2.24) is 10.3 Å². The molecule has 2 aliphatic rings. The first kappa shape index (κ1) is 17.8. The zero-order valence-corrected chi connectivity index (χ0v) is 16.0. The van der Waals surface area contributed by atoms with Gasteiger partial charge in [0.2, 0.25) is 5.91 Å². The van der Waals surface area contributed by atoms with E-state index in [0.29, 0.717) is 0 Å². The highest BCUT2D eigenvalue weighted by Gasteiger charge is 2.64. The third-order valence-corrected chi connectivity index (χ3v) is 6.15. The van der Waals surface area contributed by atoms with E-state index in [4.69, 9.17) is 0 Å². The second kappa shape index (κ2) is 6.64. The molecule has 5 nitrogen and oxygen atoms in total. The molecule has 1 aromatic heterocycles. The summed E-state index contributed by atoms with van der Waals surface area (Å²) in [5.74, 6) is -1.06. The van der Waals surface area contributed by atoms with Gasteiger partial charge in [0.15, 0.2) is 0 Å². The van der Waals surface area contributed by atoms with Crippen LogP contribution in [0.5, 0.6) is 0 Å². The number of anilines is 1. The fourth-order valence-electron chi connectivity index (χ4n) is 5.04. The number of pyridine rings is 1. The summed E-state index contributed by atoms with van der Waals surface area (Å²) in [5, 5.41) is 6.58. The highest BCUT2D eigenvalue weighted by atomic mass is 16.2. The number of nitrogens with one attached hydrogen (secondary N) is 2. The normalized spacial score (nSPS) is 27.6. The second-order valence-electron chi connectivity index (χ2n) is 7.71. The summed E-state index contributed by atoms with van der Waals surface area (Å²) < 4.78 is 0. The van der Waals surface area contributed by atoms with Crippen LogP contribution in [0.15, 0.2) is 79.0 Å². The molecule has 0 unspecified atom stereocenters. The van der Waals surface area contributed by atoms with Crippen LogP contribution in [-0.4, -0.2) is 16.7 Å². The maximum Gasteiger partial charge on any atom is 0.250 e. The molecule has 0 aliphatic carbocycles. The lowest BCUT2D eigenvalue weighted by Crippen LogP contribution is -2.50. The van der Waals surface area contributed by atoms with E-state index in [2.05, 4.69) is 15.6 Å². The molecule has 2 aromatic carbocycles. The molecule has 144 valence electrons. The minimum absolute atomic E-state index is 0.0292. The van der Waals surface area contributed by atoms with Gasteiger partial charge in [-0.2, -0.15) is 0 Å². The standard InChI is InChI=1S/C24H21N3O2/c1-15(28)21-20(19-13-7-8-14-25-19)22(16-9-3-2-4-10-16)27-24(21)17-11-5-6-12-18(17)26-23(24)29/h2-14,20-22,27H,1H3,(H,26,29)/t20-,21-,22+,24-/m1/s1. The number of Topliss-reactive ketones (excluding diaryl/α,β-unsaturated/α-hetero) is 1. The van der Waals surface area contributed by atoms with Crippen molar-refractivity contribution in [3.05, 3.63) is 95.8 Å². The number of hydrogen-bond donors (Lipinski definition) is 2. The molecule has 3 aromatic rings. The van der Waals surface area contributed by atoms with E-state index >= 15 is 0 Å². The summed E-state index contributed by atoms with van der Waals surface area (Å²) in [5.41, 5.74) is 2.30. The average molecular weight is 383 g/mol. The van der Waals surface area contributed by atoms with Crippen LogP contribution in [0, 0.1) is 5.92 Å². The first-order valence-electron chi connectivity index (χ1n) is 9.78. The quantitative estimate of drug-likeness (QED) is 0.725. The monoisotopic (exact) mass is 383 g/mol. The lowest BCUT2D eigenvalue weighted by atomic mass is 9.71. The lowest BCUT2D eigenvalue weighted by Gasteiger charge is -2.29. The molecule has 0 bridgehead atoms. The van der Waals surface area contributed by atoms with Crippen LogP contribution in [0.25, 0.3) is 0 Å². The second-order valence-corrected chi connectivity index (χ2v) is 7.71. The zero-order valence-electron chi connectivity index (χ0n) is 16.0. The van der Waals surface area contributed by atoms with Crippen molar-refractivity contribution in [3.8, 4) is 0 Å². The summed E-state index contributed by atoms with van der Waals surface area (Å²) in [6.45, 7) is 1.58. The summed E-state index contributed by atoms with van der Waals surface area (Å²) in [4.78, 5) is 31.0. The molecule has 3 heterocycles. The molecule has 1 amide bonds. The van der Waals surface area contributed by atoms with Gasteiger partial charge in [-0.15, -0.1) is 0 Å². The molecule has 29 heavy (non-hydrogen) atoms. The number of nitrogens with zero attached hydrogens (tertiary/aromatic N) is 1. The predicted molar refractivity (Wildman–Crippen MR) is 110 cm³/mol. The van der Waals surface area contributed by atoms with Crippen molar-refractivity contribution in [1.29, 1.82) is 0 Å². The van der Waals surface area contributed by atoms with Crippen LogP contribution in [-0.2, 0) is 15.1 Å². The van der Waals surface area contributed by atoms with Crippen LogP contribution in [0.1, 0.15) is 35.7 Å². The molecule has 4 atom stereocenters. The summed E-state index contributed by atoms with van der Waals surface area (Å²) in [6.07, 6.45) is 1.74. The molecule has 2 aliphatic heterocycles. The van der Waals surface area contributed by atoms with Crippen LogP contribution in [0.3, 0.4) is 0 Å². The fraction of sp³-hybridized carbons (Fsp3) is 0.208. The maximum absolute atomic E-state index is 13.4. The Morgan fingerprint density at radius 3 is 2.41 bits per heavy atom. The van der Waals surface area contributed by atoms with Crippen molar-refractivity contribution in [2.24, 2.45) is 5.92 Å². The molecule has 2 N–H and O–H groups in total. The van der Waals surface area contributed by atoms with E-state index in [1.165, 1.54) is 0 Å². The Morgan fingerprint density at radius 1 is 0.966 bits per heavy atom. The van der Waals surface area contributed by atoms with Gasteiger partial charge < -0.3 is 5.32 Å². The number of para-hydroxylation sites is 1. The Balaban J connectivity index is 1.76. The topological polar surface area (TPSA) is 71.1 Å². The van der Waals surface area contributed by atoms with E-state index in [0.717, 1.165) is 22.5 Å². The molecular weight excluding hydrogens is 362 g/mol. The number of rotatable bonds is 3. The van der Waals surface area contributed by atoms with E-state index < -0.39 is 11.5 Å². The zero-order chi connectivity index (χ0) is 20.0. The van der Waals surface area contributed by atoms with Gasteiger partial charge in [0, 0.05) is 35.1 Å². The first-order valence-corrected chi connectivity index (χ1v) is 9.78. The molecule has 5 rings (SSSR count). The Labute approximate surface area is 169 Å². The summed E-state index contributed by atoms with van der Waals surface area (Å²) in [6, 6.07) is 23.1. The highest BCUT2D eigenvalue weighted by Crippen LogP contribution is 2.56. The molecule has 5 heteroatoms. The fourth-order valence-corrected chi connectivity index (χ4v) is 5.04. The number of benzene rings is 2. The van der Waals surface area contributed by atoms with Gasteiger partial charge in [-0.1, -0.05) is 54.6 Å². The van der Waals surface area contributed by atoms with Crippen molar-refractivity contribution in [2.75, 3.05) is 5.32 Å². The molecule has 1 fully saturated rings. The number of carbonyl (C=O) groups excluding carboxylic acids is 2. The minimum atomic E-state index is -1.12. The third-order valence-electron chi connectivity index (χ3n) is 6.15. The predicted octanol–water partition coefficient (Wildman–Crippen LogP) is 3.56. The van der Waals surface area contributed by atoms with Crippen LogP contribution < -0.4 is 10.6 Å². The summed E-state index contributed by atoms with van der Waals surface area (Å²) >= 11 is 0. The van der Waals surface area contributed by atoms with Crippen molar-refractivity contribution in [3.63, 3.8) is 0 Å². The van der Waals surface area contributed by atoms with E-state index in [9.17, 15) is 9.59 Å². The van der Waals surface area contributed by atoms with Gasteiger partial charge in [0.25, 0.3) is 0 Å². The minimum Gasteiger partial charge on any atom is -0.324 e. The van der Waals surface area contributed by atoms with Gasteiger partial charge in [0.05, 0.1) is 5.92 Å². The largest absolute Gasteiger partial charge is 0.324 e. The van der Waals surface area contributed by atoms with Gasteiger partial charge in [-0.25, -0.2) is 0 Å². The number of fused-ring (bicyclic) bond motifs is 2. The highest BCUT2D eigenvalue weighted by molar-refractivity contribution is 6.09. The van der Waals surface area contributed by atoms with E-state index in [1.54, 1.807) is 13.1 Å². The first-order chi connectivity index (χ1) is 14.1. The van der Waals surface area contributed by atoms with Crippen LogP contribution in [0.2, 0.25) is 0 Å².